The first-order valence-corrected chi connectivity index (χ1v) is 6.56. The number of hydrogen-bond donors (Lipinski definition) is 1. The maximum atomic E-state index is 9.92. The summed E-state index contributed by atoms with van der Waals surface area (Å²) in [5.74, 6) is 0.669. The zero-order valence-corrected chi connectivity index (χ0v) is 11.3. The third kappa shape index (κ3) is 3.46. The SMILES string of the molecule is OC(COc1cccc(-n2ccnn2)c1)Cn1cccn1. The fourth-order valence-corrected chi connectivity index (χ4v) is 1.93. The Labute approximate surface area is 121 Å². The van der Waals surface area contributed by atoms with Crippen molar-refractivity contribution in [1.29, 1.82) is 0 Å². The topological polar surface area (TPSA) is 78.0 Å². The highest BCUT2D eigenvalue weighted by molar-refractivity contribution is 5.38. The van der Waals surface area contributed by atoms with E-state index in [4.69, 9.17) is 4.74 Å². The first-order chi connectivity index (χ1) is 10.3. The van der Waals surface area contributed by atoms with Gasteiger partial charge in [-0.25, -0.2) is 4.68 Å². The fraction of sp³-hybridized carbons (Fsp3) is 0.214. The molecule has 0 saturated carbocycles. The van der Waals surface area contributed by atoms with E-state index >= 15 is 0 Å². The summed E-state index contributed by atoms with van der Waals surface area (Å²) in [7, 11) is 0. The lowest BCUT2D eigenvalue weighted by molar-refractivity contribution is 0.0893. The van der Waals surface area contributed by atoms with Gasteiger partial charge in [-0.2, -0.15) is 5.10 Å². The van der Waals surface area contributed by atoms with Crippen LogP contribution in [0, 0.1) is 0 Å². The van der Waals surface area contributed by atoms with Crippen molar-refractivity contribution in [2.24, 2.45) is 0 Å². The van der Waals surface area contributed by atoms with Crippen LogP contribution in [0.2, 0.25) is 0 Å². The number of hydrogen-bond acceptors (Lipinski definition) is 5. The standard InChI is InChI=1S/C14H15N5O2/c20-13(10-18-7-2-5-16-18)11-21-14-4-1-3-12(9-14)19-8-6-15-17-19/h1-9,13,20H,10-11H2. The van der Waals surface area contributed by atoms with E-state index in [-0.39, 0.29) is 6.61 Å². The summed E-state index contributed by atoms with van der Waals surface area (Å²) in [5, 5.41) is 21.7. The number of rotatable bonds is 6. The van der Waals surface area contributed by atoms with Gasteiger partial charge in [-0.3, -0.25) is 4.68 Å². The molecule has 7 nitrogen and oxygen atoms in total. The molecule has 2 heterocycles. The summed E-state index contributed by atoms with van der Waals surface area (Å²) in [6, 6.07) is 9.26. The van der Waals surface area contributed by atoms with E-state index in [1.165, 1.54) is 0 Å². The van der Waals surface area contributed by atoms with Gasteiger partial charge < -0.3 is 9.84 Å². The van der Waals surface area contributed by atoms with Crippen LogP contribution in [-0.2, 0) is 6.54 Å². The van der Waals surface area contributed by atoms with Crippen molar-refractivity contribution in [2.45, 2.75) is 12.6 Å². The number of aliphatic hydroxyl groups excluding tert-OH is 1. The summed E-state index contributed by atoms with van der Waals surface area (Å²) in [4.78, 5) is 0. The summed E-state index contributed by atoms with van der Waals surface area (Å²) in [6.07, 6.45) is 6.22. The second-order valence-corrected chi connectivity index (χ2v) is 4.54. The molecular formula is C14H15N5O2. The van der Waals surface area contributed by atoms with Gasteiger partial charge in [0.15, 0.2) is 0 Å². The first-order valence-electron chi connectivity index (χ1n) is 6.56. The van der Waals surface area contributed by atoms with Crippen LogP contribution in [0.15, 0.2) is 55.1 Å². The van der Waals surface area contributed by atoms with E-state index < -0.39 is 6.10 Å². The predicted molar refractivity (Wildman–Crippen MR) is 75.1 cm³/mol. The zero-order chi connectivity index (χ0) is 14.5. The molecule has 0 spiro atoms. The van der Waals surface area contributed by atoms with Gasteiger partial charge >= 0.3 is 0 Å². The van der Waals surface area contributed by atoms with Gasteiger partial charge in [-0.15, -0.1) is 5.10 Å². The van der Waals surface area contributed by atoms with Gasteiger partial charge in [-0.05, 0) is 18.2 Å². The van der Waals surface area contributed by atoms with Crippen molar-refractivity contribution in [3.05, 3.63) is 55.1 Å². The van der Waals surface area contributed by atoms with Crippen molar-refractivity contribution in [3.63, 3.8) is 0 Å². The highest BCUT2D eigenvalue weighted by Crippen LogP contribution is 2.16. The first kappa shape index (κ1) is 13.3. The highest BCUT2D eigenvalue weighted by atomic mass is 16.5. The van der Waals surface area contributed by atoms with E-state index in [9.17, 15) is 5.11 Å². The third-order valence-electron chi connectivity index (χ3n) is 2.90. The monoisotopic (exact) mass is 285 g/mol. The Balaban J connectivity index is 1.59. The van der Waals surface area contributed by atoms with E-state index in [0.717, 1.165) is 5.69 Å². The van der Waals surface area contributed by atoms with E-state index in [0.29, 0.717) is 12.3 Å². The Bertz CT molecular complexity index is 667. The van der Waals surface area contributed by atoms with E-state index in [1.807, 2.05) is 30.3 Å². The second kappa shape index (κ2) is 6.19. The molecule has 1 unspecified atom stereocenters. The normalized spacial score (nSPS) is 12.2. The Hall–Kier alpha value is -2.67. The van der Waals surface area contributed by atoms with Crippen LogP contribution < -0.4 is 4.74 Å². The third-order valence-corrected chi connectivity index (χ3v) is 2.90. The molecule has 0 amide bonds. The largest absolute Gasteiger partial charge is 0.491 e. The van der Waals surface area contributed by atoms with Gasteiger partial charge in [0.05, 0.1) is 24.6 Å². The van der Waals surface area contributed by atoms with Crippen molar-refractivity contribution in [1.82, 2.24) is 24.8 Å². The van der Waals surface area contributed by atoms with Gasteiger partial charge in [0, 0.05) is 18.5 Å². The van der Waals surface area contributed by atoms with Crippen LogP contribution in [-0.4, -0.2) is 42.6 Å². The number of benzene rings is 1. The molecule has 0 aliphatic carbocycles. The summed E-state index contributed by atoms with van der Waals surface area (Å²) < 4.78 is 8.92. The molecule has 0 bridgehead atoms. The van der Waals surface area contributed by atoms with E-state index in [1.54, 1.807) is 34.2 Å². The van der Waals surface area contributed by atoms with Crippen LogP contribution in [0.5, 0.6) is 5.75 Å². The minimum atomic E-state index is -0.625. The molecule has 1 N–H and O–H groups in total. The number of aromatic nitrogens is 5. The summed E-state index contributed by atoms with van der Waals surface area (Å²) >= 11 is 0. The molecule has 0 aliphatic heterocycles. The average molecular weight is 285 g/mol. The predicted octanol–water partition coefficient (Wildman–Crippen LogP) is 0.904. The molecule has 3 aromatic rings. The summed E-state index contributed by atoms with van der Waals surface area (Å²) in [6.45, 7) is 0.594. The minimum Gasteiger partial charge on any atom is -0.491 e. The maximum absolute atomic E-state index is 9.92. The van der Waals surface area contributed by atoms with Gasteiger partial charge in [0.2, 0.25) is 0 Å². The Morgan fingerprint density at radius 2 is 2.14 bits per heavy atom. The smallest absolute Gasteiger partial charge is 0.121 e. The molecule has 0 radical (unpaired) electrons. The van der Waals surface area contributed by atoms with Crippen molar-refractivity contribution in [2.75, 3.05) is 6.61 Å². The van der Waals surface area contributed by atoms with Crippen LogP contribution in [0.4, 0.5) is 0 Å². The Morgan fingerprint density at radius 1 is 1.19 bits per heavy atom. The Kier molecular flexibility index (Phi) is 3.92. The molecule has 1 atom stereocenters. The van der Waals surface area contributed by atoms with E-state index in [2.05, 4.69) is 15.4 Å². The van der Waals surface area contributed by atoms with Crippen molar-refractivity contribution in [3.8, 4) is 11.4 Å². The molecule has 3 rings (SSSR count). The lowest BCUT2D eigenvalue weighted by Crippen LogP contribution is -2.23. The molecule has 0 fully saturated rings. The van der Waals surface area contributed by atoms with Crippen LogP contribution >= 0.6 is 0 Å². The minimum absolute atomic E-state index is 0.195. The molecule has 0 saturated heterocycles. The van der Waals surface area contributed by atoms with Crippen molar-refractivity contribution >= 4 is 0 Å². The Morgan fingerprint density at radius 3 is 2.90 bits per heavy atom. The maximum Gasteiger partial charge on any atom is 0.121 e. The van der Waals surface area contributed by atoms with Crippen LogP contribution in [0.1, 0.15) is 0 Å². The molecule has 1 aromatic carbocycles. The zero-order valence-electron chi connectivity index (χ0n) is 11.3. The van der Waals surface area contributed by atoms with Crippen molar-refractivity contribution < 1.29 is 9.84 Å². The summed E-state index contributed by atoms with van der Waals surface area (Å²) in [5.41, 5.74) is 0.853. The number of nitrogens with zero attached hydrogens (tertiary/aromatic N) is 5. The molecule has 21 heavy (non-hydrogen) atoms. The molecule has 0 aliphatic rings. The van der Waals surface area contributed by atoms with Gasteiger partial charge in [0.25, 0.3) is 0 Å². The average Bonchev–Trinajstić information content (AvgIpc) is 3.19. The lowest BCUT2D eigenvalue weighted by Gasteiger charge is -2.13. The molecular weight excluding hydrogens is 270 g/mol. The fourth-order valence-electron chi connectivity index (χ4n) is 1.93. The highest BCUT2D eigenvalue weighted by Gasteiger charge is 2.07. The van der Waals surface area contributed by atoms with Crippen LogP contribution in [0.3, 0.4) is 0 Å². The van der Waals surface area contributed by atoms with Crippen LogP contribution in [0.25, 0.3) is 5.69 Å². The number of ether oxygens (including phenoxy) is 1. The molecule has 108 valence electrons. The van der Waals surface area contributed by atoms with Gasteiger partial charge in [-0.1, -0.05) is 11.3 Å². The quantitative estimate of drug-likeness (QED) is 0.728. The second-order valence-electron chi connectivity index (χ2n) is 4.54. The van der Waals surface area contributed by atoms with Gasteiger partial charge in [0.1, 0.15) is 18.5 Å². The molecule has 2 aromatic heterocycles. The molecule has 7 heteroatoms. The lowest BCUT2D eigenvalue weighted by atomic mass is 10.3. The number of aliphatic hydroxyl groups is 1.